The van der Waals surface area contributed by atoms with E-state index in [9.17, 15) is 4.79 Å². The lowest BCUT2D eigenvalue weighted by atomic mass is 10.0. The summed E-state index contributed by atoms with van der Waals surface area (Å²) in [6.07, 6.45) is 3.58. The summed E-state index contributed by atoms with van der Waals surface area (Å²) in [4.78, 5) is 11.5. The van der Waals surface area contributed by atoms with E-state index in [1.807, 2.05) is 0 Å². The quantitative estimate of drug-likeness (QED) is 0.733. The Morgan fingerprint density at radius 1 is 1.67 bits per heavy atom. The fourth-order valence-electron chi connectivity index (χ4n) is 1.29. The third-order valence-corrected chi connectivity index (χ3v) is 2.35. The van der Waals surface area contributed by atoms with E-state index in [2.05, 4.69) is 17.2 Å². The van der Waals surface area contributed by atoms with Crippen LogP contribution in [0.3, 0.4) is 0 Å². The number of aryl methyl sites for hydroxylation is 1. The molecule has 1 aromatic rings. The number of carbonyl (C=O) groups is 1. The molecule has 1 unspecified atom stereocenters. The zero-order valence-corrected chi connectivity index (χ0v) is 9.31. The van der Waals surface area contributed by atoms with E-state index < -0.39 is 0 Å². The van der Waals surface area contributed by atoms with Crippen LogP contribution in [0.5, 0.6) is 0 Å². The van der Waals surface area contributed by atoms with Gasteiger partial charge in [-0.15, -0.1) is 5.10 Å². The van der Waals surface area contributed by atoms with Gasteiger partial charge in [-0.25, -0.2) is 0 Å². The Kier molecular flexibility index (Phi) is 4.42. The van der Waals surface area contributed by atoms with Gasteiger partial charge in [0.1, 0.15) is 5.78 Å². The molecule has 1 aromatic heterocycles. The first-order chi connectivity index (χ1) is 7.11. The highest BCUT2D eigenvalue weighted by Crippen LogP contribution is 2.06. The molecule has 0 aliphatic rings. The molecule has 0 fully saturated rings. The smallest absolute Gasteiger partial charge is 0.138 e. The van der Waals surface area contributed by atoms with Gasteiger partial charge in [-0.05, 0) is 18.9 Å². The average molecular weight is 210 g/mol. The lowest BCUT2D eigenvalue weighted by Crippen LogP contribution is -2.13. The van der Waals surface area contributed by atoms with Crippen LogP contribution in [0.15, 0.2) is 6.20 Å². The molecule has 1 heterocycles. The van der Waals surface area contributed by atoms with E-state index >= 15 is 0 Å². The molecule has 1 rings (SSSR count). The minimum absolute atomic E-state index is 0.204. The fourth-order valence-corrected chi connectivity index (χ4v) is 1.29. The molecule has 0 saturated heterocycles. The summed E-state index contributed by atoms with van der Waals surface area (Å²) in [6.45, 7) is 2.69. The normalized spacial score (nSPS) is 12.7. The molecule has 5 heteroatoms. The van der Waals surface area contributed by atoms with E-state index in [4.69, 9.17) is 5.73 Å². The van der Waals surface area contributed by atoms with E-state index in [0.717, 1.165) is 12.1 Å². The van der Waals surface area contributed by atoms with Gasteiger partial charge in [-0.1, -0.05) is 12.1 Å². The van der Waals surface area contributed by atoms with Crippen LogP contribution < -0.4 is 5.73 Å². The molecular weight excluding hydrogens is 192 g/mol. The summed E-state index contributed by atoms with van der Waals surface area (Å²) < 4.78 is 1.60. The Morgan fingerprint density at radius 3 is 2.93 bits per heavy atom. The standard InChI is InChI=1S/C10H18N4O/c1-8(6-11)3-4-10(15)5-9-7-14(2)13-12-9/h7-8H,3-6,11H2,1-2H3. The van der Waals surface area contributed by atoms with Crippen molar-refractivity contribution in [2.24, 2.45) is 18.7 Å². The van der Waals surface area contributed by atoms with E-state index in [1.54, 1.807) is 17.9 Å². The maximum atomic E-state index is 11.5. The van der Waals surface area contributed by atoms with Gasteiger partial charge < -0.3 is 5.73 Å². The number of hydrogen-bond acceptors (Lipinski definition) is 4. The summed E-state index contributed by atoms with van der Waals surface area (Å²) >= 11 is 0. The van der Waals surface area contributed by atoms with E-state index in [-0.39, 0.29) is 5.78 Å². The monoisotopic (exact) mass is 210 g/mol. The van der Waals surface area contributed by atoms with Gasteiger partial charge in [-0.2, -0.15) is 0 Å². The van der Waals surface area contributed by atoms with Crippen molar-refractivity contribution >= 4 is 5.78 Å². The Balaban J connectivity index is 2.30. The maximum Gasteiger partial charge on any atom is 0.138 e. The minimum atomic E-state index is 0.204. The highest BCUT2D eigenvalue weighted by atomic mass is 16.1. The lowest BCUT2D eigenvalue weighted by molar-refractivity contribution is -0.118. The number of aromatic nitrogens is 3. The van der Waals surface area contributed by atoms with Gasteiger partial charge in [0, 0.05) is 19.7 Å². The zero-order chi connectivity index (χ0) is 11.3. The predicted octanol–water partition coefficient (Wildman–Crippen LogP) is 0.302. The first-order valence-corrected chi connectivity index (χ1v) is 5.18. The number of Topliss-reactive ketones (excluding diaryl/α,β-unsaturated/α-hetero) is 1. The molecule has 0 amide bonds. The SMILES string of the molecule is CC(CN)CCC(=O)Cc1cn(C)nn1. The van der Waals surface area contributed by atoms with Crippen LogP contribution in [0.25, 0.3) is 0 Å². The molecule has 1 atom stereocenters. The van der Waals surface area contributed by atoms with Crippen LogP contribution in [-0.2, 0) is 18.3 Å². The van der Waals surface area contributed by atoms with Crippen molar-refractivity contribution in [1.29, 1.82) is 0 Å². The minimum Gasteiger partial charge on any atom is -0.330 e. The van der Waals surface area contributed by atoms with Crippen molar-refractivity contribution in [2.75, 3.05) is 6.54 Å². The fraction of sp³-hybridized carbons (Fsp3) is 0.700. The first-order valence-electron chi connectivity index (χ1n) is 5.18. The molecule has 0 saturated carbocycles. The summed E-state index contributed by atoms with van der Waals surface area (Å²) in [5.41, 5.74) is 6.22. The van der Waals surface area contributed by atoms with Crippen LogP contribution in [0.1, 0.15) is 25.5 Å². The van der Waals surface area contributed by atoms with Gasteiger partial charge in [0.25, 0.3) is 0 Å². The number of nitrogens with two attached hydrogens (primary N) is 1. The van der Waals surface area contributed by atoms with Gasteiger partial charge in [-0.3, -0.25) is 9.48 Å². The van der Waals surface area contributed by atoms with Crippen molar-refractivity contribution in [2.45, 2.75) is 26.2 Å². The van der Waals surface area contributed by atoms with Crippen molar-refractivity contribution in [1.82, 2.24) is 15.0 Å². The molecule has 0 radical (unpaired) electrons. The molecule has 0 spiro atoms. The maximum absolute atomic E-state index is 11.5. The summed E-state index contributed by atoms with van der Waals surface area (Å²) in [5.74, 6) is 0.617. The highest BCUT2D eigenvalue weighted by molar-refractivity contribution is 5.80. The molecule has 0 bridgehead atoms. The predicted molar refractivity (Wildman–Crippen MR) is 57.2 cm³/mol. The first kappa shape index (κ1) is 11.8. The Hall–Kier alpha value is -1.23. The second-order valence-electron chi connectivity index (χ2n) is 3.98. The van der Waals surface area contributed by atoms with Crippen LogP contribution in [0.2, 0.25) is 0 Å². The molecule has 15 heavy (non-hydrogen) atoms. The van der Waals surface area contributed by atoms with Gasteiger partial charge in [0.2, 0.25) is 0 Å². The van der Waals surface area contributed by atoms with Crippen molar-refractivity contribution < 1.29 is 4.79 Å². The number of nitrogens with zero attached hydrogens (tertiary/aromatic N) is 3. The van der Waals surface area contributed by atoms with Crippen molar-refractivity contribution in [3.63, 3.8) is 0 Å². The second-order valence-corrected chi connectivity index (χ2v) is 3.98. The largest absolute Gasteiger partial charge is 0.330 e. The number of carbonyl (C=O) groups excluding carboxylic acids is 1. The zero-order valence-electron chi connectivity index (χ0n) is 9.31. The van der Waals surface area contributed by atoms with Crippen LogP contribution in [-0.4, -0.2) is 27.3 Å². The number of hydrogen-bond donors (Lipinski definition) is 1. The molecule has 0 aliphatic carbocycles. The van der Waals surface area contributed by atoms with Crippen LogP contribution in [0, 0.1) is 5.92 Å². The van der Waals surface area contributed by atoms with Crippen molar-refractivity contribution in [3.05, 3.63) is 11.9 Å². The lowest BCUT2D eigenvalue weighted by Gasteiger charge is -2.05. The number of ketones is 1. The van der Waals surface area contributed by atoms with Crippen molar-refractivity contribution in [3.8, 4) is 0 Å². The van der Waals surface area contributed by atoms with Gasteiger partial charge in [0.05, 0.1) is 12.1 Å². The summed E-state index contributed by atoms with van der Waals surface area (Å²) in [6, 6.07) is 0. The Bertz CT molecular complexity index is 321. The molecular formula is C10H18N4O. The molecule has 2 N–H and O–H groups in total. The van der Waals surface area contributed by atoms with Crippen LogP contribution >= 0.6 is 0 Å². The van der Waals surface area contributed by atoms with E-state index in [1.165, 1.54) is 0 Å². The third-order valence-electron chi connectivity index (χ3n) is 2.35. The van der Waals surface area contributed by atoms with Crippen LogP contribution in [0.4, 0.5) is 0 Å². The molecule has 84 valence electrons. The van der Waals surface area contributed by atoms with Gasteiger partial charge >= 0.3 is 0 Å². The number of rotatable bonds is 6. The molecule has 0 aromatic carbocycles. The molecule has 5 nitrogen and oxygen atoms in total. The second kappa shape index (κ2) is 5.60. The topological polar surface area (TPSA) is 73.8 Å². The summed E-state index contributed by atoms with van der Waals surface area (Å²) in [5, 5.41) is 7.65. The molecule has 0 aliphatic heterocycles. The Labute approximate surface area is 89.6 Å². The van der Waals surface area contributed by atoms with Gasteiger partial charge in [0.15, 0.2) is 0 Å². The summed E-state index contributed by atoms with van der Waals surface area (Å²) in [7, 11) is 1.79. The highest BCUT2D eigenvalue weighted by Gasteiger charge is 2.08. The third kappa shape index (κ3) is 4.20. The average Bonchev–Trinajstić information content (AvgIpc) is 2.60. The Morgan fingerprint density at radius 2 is 2.40 bits per heavy atom. The van der Waals surface area contributed by atoms with E-state index in [0.29, 0.717) is 25.3 Å².